The number of nitro groups is 1. The number of hydrogen-bond donors (Lipinski definition) is 0. The van der Waals surface area contributed by atoms with Crippen molar-refractivity contribution in [1.29, 1.82) is 0 Å². The van der Waals surface area contributed by atoms with Crippen molar-refractivity contribution in [2.75, 3.05) is 6.61 Å². The molecule has 75 valence electrons. The molecule has 1 aromatic carbocycles. The molecule has 0 fully saturated rings. The van der Waals surface area contributed by atoms with Crippen LogP contribution in [0.15, 0.2) is 18.2 Å². The normalized spacial score (nSPS) is 9.86. The molecule has 0 N–H and O–H groups in total. The van der Waals surface area contributed by atoms with Gasteiger partial charge in [0.05, 0.1) is 17.6 Å². The largest absolute Gasteiger partial charge is 0.487 e. The Morgan fingerprint density at radius 2 is 2.36 bits per heavy atom. The second kappa shape index (κ2) is 4.55. The third-order valence-electron chi connectivity index (χ3n) is 1.52. The Labute approximate surface area is 80.5 Å². The predicted molar refractivity (Wildman–Crippen MR) is 48.5 cm³/mol. The van der Waals surface area contributed by atoms with E-state index >= 15 is 0 Å². The lowest BCUT2D eigenvalue weighted by Gasteiger charge is -2.04. The lowest BCUT2D eigenvalue weighted by atomic mass is 10.3. The topological polar surface area (TPSA) is 52.4 Å². The van der Waals surface area contributed by atoms with Crippen molar-refractivity contribution in [3.63, 3.8) is 0 Å². The van der Waals surface area contributed by atoms with Gasteiger partial charge in [-0.25, -0.2) is 4.39 Å². The summed E-state index contributed by atoms with van der Waals surface area (Å²) in [5.41, 5.74) is -0.355. The van der Waals surface area contributed by atoms with Crippen molar-refractivity contribution in [3.8, 4) is 5.75 Å². The van der Waals surface area contributed by atoms with E-state index in [9.17, 15) is 14.5 Å². The Morgan fingerprint density at radius 3 is 2.93 bits per heavy atom. The van der Waals surface area contributed by atoms with Crippen LogP contribution < -0.4 is 4.74 Å². The van der Waals surface area contributed by atoms with E-state index < -0.39 is 10.7 Å². The van der Waals surface area contributed by atoms with Gasteiger partial charge in [0.2, 0.25) is 0 Å². The van der Waals surface area contributed by atoms with Gasteiger partial charge in [0.15, 0.2) is 5.75 Å². The number of nitro benzene ring substituents is 1. The average molecular weight is 198 g/mol. The van der Waals surface area contributed by atoms with E-state index in [1.54, 1.807) is 13.3 Å². The summed E-state index contributed by atoms with van der Waals surface area (Å²) >= 11 is 0. The fourth-order valence-corrected chi connectivity index (χ4v) is 0.928. The first-order valence-electron chi connectivity index (χ1n) is 3.99. The standard InChI is InChI=1S/C9H9FNO3/c1-2-5-14-9-4-3-7(10)6-8(9)11(12)13/h2-4,6H,5H2,1H3. The minimum atomic E-state index is -0.673. The minimum absolute atomic E-state index is 0.0782. The highest BCUT2D eigenvalue weighted by molar-refractivity contribution is 5.46. The van der Waals surface area contributed by atoms with E-state index in [1.165, 1.54) is 6.07 Å². The molecule has 0 aliphatic heterocycles. The highest BCUT2D eigenvalue weighted by Crippen LogP contribution is 2.27. The van der Waals surface area contributed by atoms with E-state index in [1.807, 2.05) is 0 Å². The SMILES string of the molecule is C[CH]COc1ccc(F)cc1[N+](=O)[O-]. The number of ether oxygens (including phenoxy) is 1. The molecule has 0 spiro atoms. The molecule has 1 aromatic rings. The van der Waals surface area contributed by atoms with Crippen LogP contribution in [0.4, 0.5) is 10.1 Å². The van der Waals surface area contributed by atoms with Gasteiger partial charge in [0, 0.05) is 0 Å². The molecule has 0 heterocycles. The smallest absolute Gasteiger partial charge is 0.313 e. The summed E-state index contributed by atoms with van der Waals surface area (Å²) in [6.07, 6.45) is 1.70. The van der Waals surface area contributed by atoms with Crippen LogP contribution in [-0.2, 0) is 0 Å². The van der Waals surface area contributed by atoms with Crippen LogP contribution in [0, 0.1) is 22.4 Å². The maximum Gasteiger partial charge on any atom is 0.313 e. The molecule has 0 saturated heterocycles. The second-order valence-corrected chi connectivity index (χ2v) is 2.59. The molecule has 0 aliphatic rings. The van der Waals surface area contributed by atoms with E-state index in [4.69, 9.17) is 4.74 Å². The van der Waals surface area contributed by atoms with Crippen LogP contribution in [0.1, 0.15) is 6.92 Å². The summed E-state index contributed by atoms with van der Waals surface area (Å²) in [5, 5.41) is 10.5. The van der Waals surface area contributed by atoms with E-state index in [2.05, 4.69) is 0 Å². The Morgan fingerprint density at radius 1 is 1.64 bits per heavy atom. The molecule has 1 radical (unpaired) electrons. The Balaban J connectivity index is 2.96. The third-order valence-corrected chi connectivity index (χ3v) is 1.52. The lowest BCUT2D eigenvalue weighted by Crippen LogP contribution is -2.00. The highest BCUT2D eigenvalue weighted by atomic mass is 19.1. The number of rotatable bonds is 4. The third kappa shape index (κ3) is 2.42. The fraction of sp³-hybridized carbons (Fsp3) is 0.222. The van der Waals surface area contributed by atoms with Crippen molar-refractivity contribution in [3.05, 3.63) is 40.6 Å². The van der Waals surface area contributed by atoms with Gasteiger partial charge in [-0.1, -0.05) is 6.92 Å². The molecule has 0 saturated carbocycles. The summed E-state index contributed by atoms with van der Waals surface area (Å²) in [6, 6.07) is 3.21. The van der Waals surface area contributed by atoms with E-state index in [0.717, 1.165) is 12.1 Å². The van der Waals surface area contributed by atoms with Gasteiger partial charge >= 0.3 is 5.69 Å². The first kappa shape index (κ1) is 10.4. The molecule has 0 aliphatic carbocycles. The van der Waals surface area contributed by atoms with Crippen LogP contribution in [0.5, 0.6) is 5.75 Å². The van der Waals surface area contributed by atoms with Gasteiger partial charge in [0.1, 0.15) is 5.82 Å². The lowest BCUT2D eigenvalue weighted by molar-refractivity contribution is -0.386. The number of benzene rings is 1. The molecular weight excluding hydrogens is 189 g/mol. The van der Waals surface area contributed by atoms with Crippen molar-refractivity contribution in [1.82, 2.24) is 0 Å². The van der Waals surface area contributed by atoms with Gasteiger partial charge in [-0.05, 0) is 18.6 Å². The molecule has 0 amide bonds. The Hall–Kier alpha value is -1.65. The van der Waals surface area contributed by atoms with Gasteiger partial charge in [-0.2, -0.15) is 0 Å². The molecule has 1 rings (SSSR count). The monoisotopic (exact) mass is 198 g/mol. The average Bonchev–Trinajstić information content (AvgIpc) is 2.15. The van der Waals surface area contributed by atoms with Crippen LogP contribution in [0.2, 0.25) is 0 Å². The Bertz CT molecular complexity index is 341. The fourth-order valence-electron chi connectivity index (χ4n) is 0.928. The summed E-state index contributed by atoms with van der Waals surface area (Å²) < 4.78 is 17.7. The van der Waals surface area contributed by atoms with E-state index in [-0.39, 0.29) is 18.0 Å². The Kier molecular flexibility index (Phi) is 3.39. The zero-order valence-electron chi connectivity index (χ0n) is 7.57. The molecule has 4 nitrogen and oxygen atoms in total. The summed E-state index contributed by atoms with van der Waals surface area (Å²) in [5.74, 6) is -0.570. The molecule has 0 unspecified atom stereocenters. The van der Waals surface area contributed by atoms with Crippen molar-refractivity contribution in [2.45, 2.75) is 6.92 Å². The summed E-state index contributed by atoms with van der Waals surface area (Å²) in [4.78, 5) is 9.81. The molecular formula is C9H9FNO3. The molecule has 14 heavy (non-hydrogen) atoms. The van der Waals surface area contributed by atoms with Gasteiger partial charge in [0.25, 0.3) is 0 Å². The number of hydrogen-bond acceptors (Lipinski definition) is 3. The molecule has 0 atom stereocenters. The predicted octanol–water partition coefficient (Wildman–Crippen LogP) is 2.34. The van der Waals surface area contributed by atoms with Crippen molar-refractivity contribution in [2.24, 2.45) is 0 Å². The zero-order valence-corrected chi connectivity index (χ0v) is 7.57. The highest BCUT2D eigenvalue weighted by Gasteiger charge is 2.15. The van der Waals surface area contributed by atoms with Crippen LogP contribution in [0.3, 0.4) is 0 Å². The minimum Gasteiger partial charge on any atom is -0.487 e. The second-order valence-electron chi connectivity index (χ2n) is 2.59. The first-order chi connectivity index (χ1) is 6.65. The van der Waals surface area contributed by atoms with Gasteiger partial charge < -0.3 is 4.74 Å². The van der Waals surface area contributed by atoms with Gasteiger partial charge in [-0.3, -0.25) is 10.1 Å². The summed E-state index contributed by atoms with van der Waals surface area (Å²) in [7, 11) is 0. The molecule has 5 heteroatoms. The van der Waals surface area contributed by atoms with Crippen LogP contribution >= 0.6 is 0 Å². The maximum absolute atomic E-state index is 12.7. The summed E-state index contributed by atoms with van der Waals surface area (Å²) in [6.45, 7) is 2.02. The number of nitrogens with zero attached hydrogens (tertiary/aromatic N) is 1. The first-order valence-corrected chi connectivity index (χ1v) is 3.99. The molecule has 0 bridgehead atoms. The van der Waals surface area contributed by atoms with E-state index in [0.29, 0.717) is 0 Å². The quantitative estimate of drug-likeness (QED) is 0.551. The van der Waals surface area contributed by atoms with Gasteiger partial charge in [-0.15, -0.1) is 0 Å². The number of halogens is 1. The maximum atomic E-state index is 12.7. The van der Waals surface area contributed by atoms with Crippen molar-refractivity contribution < 1.29 is 14.1 Å². The van der Waals surface area contributed by atoms with Crippen LogP contribution in [-0.4, -0.2) is 11.5 Å². The van der Waals surface area contributed by atoms with Crippen LogP contribution in [0.25, 0.3) is 0 Å². The molecule has 0 aromatic heterocycles. The zero-order chi connectivity index (χ0) is 10.6. The van der Waals surface area contributed by atoms with Crippen molar-refractivity contribution >= 4 is 5.69 Å².